The van der Waals surface area contributed by atoms with E-state index in [1.54, 1.807) is 0 Å². The molecule has 0 N–H and O–H groups in total. The summed E-state index contributed by atoms with van der Waals surface area (Å²) in [5.74, 6) is 1.90. The van der Waals surface area contributed by atoms with Gasteiger partial charge in [0.25, 0.3) is 0 Å². The highest BCUT2D eigenvalue weighted by Crippen LogP contribution is 2.53. The molecule has 0 saturated heterocycles. The van der Waals surface area contributed by atoms with Gasteiger partial charge in [0.1, 0.15) is 0 Å². The van der Waals surface area contributed by atoms with Gasteiger partial charge in [-0.3, -0.25) is 0 Å². The normalized spacial score (nSPS) is 12.7. The summed E-state index contributed by atoms with van der Waals surface area (Å²) < 4.78 is 0. The minimum absolute atomic E-state index is 0.180. The highest BCUT2D eigenvalue weighted by Gasteiger charge is 2.38. The van der Waals surface area contributed by atoms with Gasteiger partial charge in [-0.1, -0.05) is 166 Å². The molecule has 0 spiro atoms. The third-order valence-corrected chi connectivity index (χ3v) is 11.2. The number of nitrogens with zero attached hydrogens (tertiary/aromatic N) is 4. The third-order valence-electron chi connectivity index (χ3n) is 11.2. The maximum absolute atomic E-state index is 10.1. The van der Waals surface area contributed by atoms with Gasteiger partial charge in [-0.25, -0.2) is 15.0 Å². The number of benzene rings is 8. The lowest BCUT2D eigenvalue weighted by Crippen LogP contribution is -2.14. The standard InChI is InChI=1S/C51H34N4/c1-51(2)44-15-7-13-42(31-52)46(44)47-43(14-8-16-45(47)51)36-23-17-34(18-24-36)35-19-25-37(26-20-35)48-53-49(40-27-21-32-9-3-5-11-38(32)29-40)55-50(54-48)41-28-22-33-10-4-6-12-39(33)30-41/h3-30H,1-2H3. The van der Waals surface area contributed by atoms with Crippen molar-refractivity contribution in [2.24, 2.45) is 0 Å². The fraction of sp³-hybridized carbons (Fsp3) is 0.0588. The van der Waals surface area contributed by atoms with Gasteiger partial charge < -0.3 is 0 Å². The van der Waals surface area contributed by atoms with E-state index in [2.05, 4.69) is 178 Å². The number of nitriles is 1. The summed E-state index contributed by atoms with van der Waals surface area (Å²) >= 11 is 0. The van der Waals surface area contributed by atoms with E-state index in [0.29, 0.717) is 17.5 Å². The second-order valence-electron chi connectivity index (χ2n) is 14.8. The third kappa shape index (κ3) is 5.48. The molecule has 8 aromatic carbocycles. The molecule has 0 fully saturated rings. The number of hydrogen-bond acceptors (Lipinski definition) is 4. The molecule has 0 atom stereocenters. The second kappa shape index (κ2) is 12.7. The Morgan fingerprint density at radius 2 is 0.836 bits per heavy atom. The lowest BCUT2D eigenvalue weighted by atomic mass is 9.82. The first kappa shape index (κ1) is 32.4. The maximum atomic E-state index is 10.1. The molecule has 4 nitrogen and oxygen atoms in total. The highest BCUT2D eigenvalue weighted by molar-refractivity contribution is 5.95. The molecule has 0 radical (unpaired) electrons. The SMILES string of the molecule is CC1(C)c2cccc(C#N)c2-c2c(-c3ccc(-c4ccc(-c5nc(-c6ccc7ccccc7c6)nc(-c6ccc7ccccc7c6)n5)cc4)cc3)cccc21. The first-order chi connectivity index (χ1) is 26.9. The Kier molecular flexibility index (Phi) is 7.50. The van der Waals surface area contributed by atoms with E-state index < -0.39 is 0 Å². The van der Waals surface area contributed by atoms with Crippen molar-refractivity contribution in [2.45, 2.75) is 19.3 Å². The van der Waals surface area contributed by atoms with Gasteiger partial charge in [-0.2, -0.15) is 5.26 Å². The van der Waals surface area contributed by atoms with Gasteiger partial charge in [0.15, 0.2) is 17.5 Å². The van der Waals surface area contributed by atoms with Crippen LogP contribution in [0.15, 0.2) is 170 Å². The largest absolute Gasteiger partial charge is 0.208 e. The molecular weight excluding hydrogens is 669 g/mol. The molecule has 0 amide bonds. The topological polar surface area (TPSA) is 62.5 Å². The number of rotatable bonds is 5. The molecule has 55 heavy (non-hydrogen) atoms. The van der Waals surface area contributed by atoms with Crippen molar-refractivity contribution < 1.29 is 0 Å². The van der Waals surface area contributed by atoms with Crippen LogP contribution in [0, 0.1) is 11.3 Å². The summed E-state index contributed by atoms with van der Waals surface area (Å²) in [5, 5.41) is 14.7. The number of fused-ring (bicyclic) bond motifs is 5. The van der Waals surface area contributed by atoms with Crippen molar-refractivity contribution in [1.29, 1.82) is 5.26 Å². The van der Waals surface area contributed by atoms with Crippen LogP contribution in [0.3, 0.4) is 0 Å². The average molecular weight is 703 g/mol. The maximum Gasteiger partial charge on any atom is 0.164 e. The number of aromatic nitrogens is 3. The molecule has 10 rings (SSSR count). The van der Waals surface area contributed by atoms with Crippen LogP contribution >= 0.6 is 0 Å². The van der Waals surface area contributed by atoms with Gasteiger partial charge in [-0.05, 0) is 78.7 Å². The van der Waals surface area contributed by atoms with Gasteiger partial charge >= 0.3 is 0 Å². The molecule has 9 aromatic rings. The monoisotopic (exact) mass is 702 g/mol. The molecule has 0 saturated carbocycles. The molecule has 1 heterocycles. The average Bonchev–Trinajstić information content (AvgIpc) is 3.49. The van der Waals surface area contributed by atoms with Crippen LogP contribution in [-0.2, 0) is 5.41 Å². The molecule has 0 aliphatic heterocycles. The Labute approximate surface area is 320 Å². The van der Waals surface area contributed by atoms with Crippen molar-refractivity contribution in [3.63, 3.8) is 0 Å². The summed E-state index contributed by atoms with van der Waals surface area (Å²) in [5.41, 5.74) is 12.5. The second-order valence-corrected chi connectivity index (χ2v) is 14.8. The first-order valence-corrected chi connectivity index (χ1v) is 18.6. The molecular formula is C51H34N4. The van der Waals surface area contributed by atoms with Crippen molar-refractivity contribution in [1.82, 2.24) is 15.0 Å². The van der Waals surface area contributed by atoms with Crippen LogP contribution < -0.4 is 0 Å². The van der Waals surface area contributed by atoms with Gasteiger partial charge in [-0.15, -0.1) is 0 Å². The molecule has 1 aliphatic carbocycles. The van der Waals surface area contributed by atoms with Crippen LogP contribution in [-0.4, -0.2) is 15.0 Å². The Morgan fingerprint density at radius 3 is 1.38 bits per heavy atom. The van der Waals surface area contributed by atoms with Gasteiger partial charge in [0, 0.05) is 27.7 Å². The molecule has 1 aliphatic rings. The van der Waals surface area contributed by atoms with Gasteiger partial charge in [0.05, 0.1) is 11.6 Å². The van der Waals surface area contributed by atoms with Crippen LogP contribution in [0.1, 0.15) is 30.5 Å². The van der Waals surface area contributed by atoms with Crippen molar-refractivity contribution in [3.8, 4) is 73.6 Å². The molecule has 4 heteroatoms. The zero-order valence-corrected chi connectivity index (χ0v) is 30.5. The lowest BCUT2D eigenvalue weighted by Gasteiger charge is -2.21. The fourth-order valence-electron chi connectivity index (χ4n) is 8.24. The van der Waals surface area contributed by atoms with Crippen molar-refractivity contribution in [3.05, 3.63) is 187 Å². The summed E-state index contributed by atoms with van der Waals surface area (Å²) in [6, 6.07) is 61.7. The van der Waals surface area contributed by atoms with Gasteiger partial charge in [0.2, 0.25) is 0 Å². The zero-order valence-electron chi connectivity index (χ0n) is 30.5. The fourth-order valence-corrected chi connectivity index (χ4v) is 8.24. The Hall–Kier alpha value is -7.22. The summed E-state index contributed by atoms with van der Waals surface area (Å²) in [6.07, 6.45) is 0. The first-order valence-electron chi connectivity index (χ1n) is 18.6. The predicted molar refractivity (Wildman–Crippen MR) is 224 cm³/mol. The van der Waals surface area contributed by atoms with Crippen molar-refractivity contribution in [2.75, 3.05) is 0 Å². The predicted octanol–water partition coefficient (Wildman–Crippen LogP) is 12.7. The van der Waals surface area contributed by atoms with E-state index >= 15 is 0 Å². The Balaban J connectivity index is 1.01. The molecule has 1 aromatic heterocycles. The Bertz CT molecular complexity index is 2910. The minimum Gasteiger partial charge on any atom is -0.208 e. The zero-order chi connectivity index (χ0) is 37.1. The summed E-state index contributed by atoms with van der Waals surface area (Å²) in [7, 11) is 0. The van der Waals surface area contributed by atoms with Crippen LogP contribution in [0.25, 0.3) is 89.1 Å². The van der Waals surface area contributed by atoms with E-state index in [-0.39, 0.29) is 5.41 Å². The molecule has 0 unspecified atom stereocenters. The van der Waals surface area contributed by atoms with Crippen LogP contribution in [0.2, 0.25) is 0 Å². The van der Waals surface area contributed by atoms with E-state index in [1.807, 2.05) is 12.1 Å². The van der Waals surface area contributed by atoms with Crippen LogP contribution in [0.4, 0.5) is 0 Å². The lowest BCUT2D eigenvalue weighted by molar-refractivity contribution is 0.660. The number of hydrogen-bond donors (Lipinski definition) is 0. The summed E-state index contributed by atoms with van der Waals surface area (Å²) in [4.78, 5) is 15.1. The quantitative estimate of drug-likeness (QED) is 0.179. The van der Waals surface area contributed by atoms with Crippen LogP contribution in [0.5, 0.6) is 0 Å². The van der Waals surface area contributed by atoms with E-state index in [0.717, 1.165) is 60.8 Å². The van der Waals surface area contributed by atoms with E-state index in [1.165, 1.54) is 27.5 Å². The summed E-state index contributed by atoms with van der Waals surface area (Å²) in [6.45, 7) is 4.50. The minimum atomic E-state index is -0.180. The van der Waals surface area contributed by atoms with Crippen molar-refractivity contribution >= 4 is 21.5 Å². The van der Waals surface area contributed by atoms with E-state index in [4.69, 9.17) is 15.0 Å². The molecule has 0 bridgehead atoms. The molecule has 258 valence electrons. The highest BCUT2D eigenvalue weighted by atomic mass is 15.0. The smallest absolute Gasteiger partial charge is 0.164 e. The Morgan fingerprint density at radius 1 is 0.400 bits per heavy atom. The van der Waals surface area contributed by atoms with E-state index in [9.17, 15) is 5.26 Å².